The molecule has 3 heterocycles. The highest BCUT2D eigenvalue weighted by atomic mass is 35.5. The van der Waals surface area contributed by atoms with Crippen LogP contribution in [0.2, 0.25) is 5.02 Å². The maximum Gasteiger partial charge on any atom is 0.293 e. The minimum atomic E-state index is -0.325. The van der Waals surface area contributed by atoms with Crippen LogP contribution < -0.4 is 20.9 Å². The molecule has 0 spiro atoms. The number of hydrogen-bond acceptors (Lipinski definition) is 7. The first kappa shape index (κ1) is 21.3. The molecule has 1 amide bonds. The summed E-state index contributed by atoms with van der Waals surface area (Å²) in [5.74, 6) is 0.550. The van der Waals surface area contributed by atoms with Gasteiger partial charge in [0.15, 0.2) is 18.2 Å². The third kappa shape index (κ3) is 4.26. The summed E-state index contributed by atoms with van der Waals surface area (Å²) in [7, 11) is 1.50. The van der Waals surface area contributed by atoms with Crippen molar-refractivity contribution in [1.82, 2.24) is 29.6 Å². The molecular formula is C21H20ClN7O3. The van der Waals surface area contributed by atoms with Crippen molar-refractivity contribution >= 4 is 39.9 Å². The topological polar surface area (TPSA) is 116 Å². The number of aromatic nitrogens is 5. The molecule has 0 aliphatic heterocycles. The SMILES string of the molecule is CCn1c(=O)c(OCC(=O)NC)cc2cc(Nc3nc(-n4cccn4)ncc3Cl)ccc21. The minimum absolute atomic E-state index is 0.0983. The smallest absolute Gasteiger partial charge is 0.293 e. The fraction of sp³-hybridized carbons (Fsp3) is 0.190. The van der Waals surface area contributed by atoms with Crippen molar-refractivity contribution < 1.29 is 9.53 Å². The molecule has 164 valence electrons. The van der Waals surface area contributed by atoms with Crippen LogP contribution in [0.5, 0.6) is 5.75 Å². The number of ether oxygens (including phenoxy) is 1. The summed E-state index contributed by atoms with van der Waals surface area (Å²) in [4.78, 5) is 32.9. The molecule has 32 heavy (non-hydrogen) atoms. The Morgan fingerprint density at radius 2 is 2.12 bits per heavy atom. The van der Waals surface area contributed by atoms with Crippen molar-refractivity contribution in [3.8, 4) is 11.7 Å². The highest BCUT2D eigenvalue weighted by Crippen LogP contribution is 2.27. The number of rotatable bonds is 7. The molecular weight excluding hydrogens is 434 g/mol. The number of carbonyl (C=O) groups is 1. The number of halogens is 1. The van der Waals surface area contributed by atoms with Crippen molar-refractivity contribution in [2.45, 2.75) is 13.5 Å². The Morgan fingerprint density at radius 1 is 1.28 bits per heavy atom. The Bertz CT molecular complexity index is 1340. The second-order valence-electron chi connectivity index (χ2n) is 6.74. The number of amides is 1. The van der Waals surface area contributed by atoms with E-state index in [0.29, 0.717) is 29.0 Å². The van der Waals surface area contributed by atoms with Gasteiger partial charge in [-0.15, -0.1) is 0 Å². The quantitative estimate of drug-likeness (QED) is 0.441. The van der Waals surface area contributed by atoms with E-state index in [1.807, 2.05) is 25.1 Å². The lowest BCUT2D eigenvalue weighted by Crippen LogP contribution is -2.28. The van der Waals surface area contributed by atoms with Crippen molar-refractivity contribution in [1.29, 1.82) is 0 Å². The lowest BCUT2D eigenvalue weighted by molar-refractivity contribution is -0.122. The predicted molar refractivity (Wildman–Crippen MR) is 121 cm³/mol. The van der Waals surface area contributed by atoms with Crippen molar-refractivity contribution in [2.24, 2.45) is 0 Å². The molecule has 10 nitrogen and oxygen atoms in total. The molecule has 0 saturated heterocycles. The molecule has 0 atom stereocenters. The maximum atomic E-state index is 12.7. The van der Waals surface area contributed by atoms with Gasteiger partial charge in [-0.3, -0.25) is 9.59 Å². The van der Waals surface area contributed by atoms with E-state index in [2.05, 4.69) is 25.7 Å². The Kier molecular flexibility index (Phi) is 6.04. The summed E-state index contributed by atoms with van der Waals surface area (Å²) in [6, 6.07) is 8.89. The van der Waals surface area contributed by atoms with Crippen LogP contribution >= 0.6 is 11.6 Å². The van der Waals surface area contributed by atoms with Gasteiger partial charge in [-0.25, -0.2) is 9.67 Å². The number of nitrogens with one attached hydrogen (secondary N) is 2. The van der Waals surface area contributed by atoms with E-state index in [4.69, 9.17) is 16.3 Å². The molecule has 0 bridgehead atoms. The lowest BCUT2D eigenvalue weighted by atomic mass is 10.1. The van der Waals surface area contributed by atoms with Gasteiger partial charge in [0.2, 0.25) is 0 Å². The van der Waals surface area contributed by atoms with Gasteiger partial charge < -0.3 is 19.9 Å². The van der Waals surface area contributed by atoms with Crippen LogP contribution in [0.1, 0.15) is 6.92 Å². The highest BCUT2D eigenvalue weighted by Gasteiger charge is 2.13. The van der Waals surface area contributed by atoms with Gasteiger partial charge in [-0.05, 0) is 37.3 Å². The fourth-order valence-corrected chi connectivity index (χ4v) is 3.29. The Hall–Kier alpha value is -3.92. The second-order valence-corrected chi connectivity index (χ2v) is 7.14. The zero-order valence-electron chi connectivity index (χ0n) is 17.4. The molecule has 11 heteroatoms. The van der Waals surface area contributed by atoms with E-state index >= 15 is 0 Å². The first-order valence-electron chi connectivity index (χ1n) is 9.80. The first-order chi connectivity index (χ1) is 15.5. The second kappa shape index (κ2) is 9.06. The van der Waals surface area contributed by atoms with Gasteiger partial charge >= 0.3 is 0 Å². The van der Waals surface area contributed by atoms with Gasteiger partial charge in [0.25, 0.3) is 17.4 Å². The van der Waals surface area contributed by atoms with Crippen LogP contribution in [-0.4, -0.2) is 43.9 Å². The molecule has 0 unspecified atom stereocenters. The summed E-state index contributed by atoms with van der Waals surface area (Å²) < 4.78 is 8.57. The van der Waals surface area contributed by atoms with Crippen LogP contribution in [0, 0.1) is 0 Å². The molecule has 0 aliphatic rings. The summed E-state index contributed by atoms with van der Waals surface area (Å²) in [5.41, 5.74) is 1.14. The third-order valence-corrected chi connectivity index (χ3v) is 4.99. The number of aryl methyl sites for hydroxylation is 1. The normalized spacial score (nSPS) is 10.8. The summed E-state index contributed by atoms with van der Waals surface area (Å²) >= 11 is 6.28. The van der Waals surface area contributed by atoms with E-state index in [9.17, 15) is 9.59 Å². The van der Waals surface area contributed by atoms with E-state index in [-0.39, 0.29) is 23.8 Å². The largest absolute Gasteiger partial charge is 0.478 e. The molecule has 0 aliphatic carbocycles. The first-order valence-corrected chi connectivity index (χ1v) is 10.2. The van der Waals surface area contributed by atoms with E-state index < -0.39 is 0 Å². The average molecular weight is 454 g/mol. The molecule has 4 rings (SSSR count). The number of carbonyl (C=O) groups excluding carboxylic acids is 1. The molecule has 0 saturated carbocycles. The van der Waals surface area contributed by atoms with Gasteiger partial charge in [0, 0.05) is 37.1 Å². The number of pyridine rings is 1. The molecule has 3 aromatic heterocycles. The van der Waals surface area contributed by atoms with Crippen molar-refractivity contribution in [3.63, 3.8) is 0 Å². The van der Waals surface area contributed by atoms with Crippen LogP contribution in [0.3, 0.4) is 0 Å². The molecule has 0 radical (unpaired) electrons. The molecule has 0 fully saturated rings. The Labute approximate surface area is 187 Å². The third-order valence-electron chi connectivity index (χ3n) is 4.72. The predicted octanol–water partition coefficient (Wildman–Crippen LogP) is 2.52. The maximum absolute atomic E-state index is 12.7. The van der Waals surface area contributed by atoms with E-state index in [1.54, 1.807) is 29.1 Å². The monoisotopic (exact) mass is 453 g/mol. The highest BCUT2D eigenvalue weighted by molar-refractivity contribution is 6.32. The minimum Gasteiger partial charge on any atom is -0.478 e. The number of hydrogen-bond donors (Lipinski definition) is 2. The molecule has 2 N–H and O–H groups in total. The van der Waals surface area contributed by atoms with Crippen LogP contribution in [-0.2, 0) is 11.3 Å². The van der Waals surface area contributed by atoms with E-state index in [1.165, 1.54) is 17.9 Å². The molecule has 1 aromatic carbocycles. The summed E-state index contributed by atoms with van der Waals surface area (Å²) in [5, 5.41) is 10.9. The number of likely N-dealkylation sites (N-methyl/N-ethyl adjacent to an activating group) is 1. The Balaban J connectivity index is 1.70. The van der Waals surface area contributed by atoms with Gasteiger partial charge in [-0.2, -0.15) is 10.1 Å². The molecule has 4 aromatic rings. The number of benzene rings is 1. The fourth-order valence-electron chi connectivity index (χ4n) is 3.15. The van der Waals surface area contributed by atoms with Crippen molar-refractivity contribution in [2.75, 3.05) is 19.0 Å². The van der Waals surface area contributed by atoms with Gasteiger partial charge in [0.05, 0.1) is 11.7 Å². The van der Waals surface area contributed by atoms with Crippen molar-refractivity contribution in [3.05, 3.63) is 64.3 Å². The summed E-state index contributed by atoms with van der Waals surface area (Å²) in [6.07, 6.45) is 4.85. The zero-order valence-corrected chi connectivity index (χ0v) is 18.1. The zero-order chi connectivity index (χ0) is 22.7. The van der Waals surface area contributed by atoms with Crippen LogP contribution in [0.4, 0.5) is 11.5 Å². The number of anilines is 2. The van der Waals surface area contributed by atoms with Gasteiger partial charge in [-0.1, -0.05) is 11.6 Å². The van der Waals surface area contributed by atoms with Crippen LogP contribution in [0.15, 0.2) is 53.7 Å². The van der Waals surface area contributed by atoms with E-state index in [0.717, 1.165) is 10.9 Å². The Morgan fingerprint density at radius 3 is 2.84 bits per heavy atom. The number of nitrogens with zero attached hydrogens (tertiary/aromatic N) is 5. The van der Waals surface area contributed by atoms with Gasteiger partial charge in [0.1, 0.15) is 5.02 Å². The average Bonchev–Trinajstić information content (AvgIpc) is 3.34. The number of fused-ring (bicyclic) bond motifs is 1. The van der Waals surface area contributed by atoms with Crippen LogP contribution in [0.25, 0.3) is 16.9 Å². The standard InChI is InChI=1S/C21H20ClN7O3/c1-3-28-16-6-5-14(9-13(16)10-17(20(28)31)32-12-18(30)23-2)26-19-15(22)11-24-21(27-19)29-8-4-7-25-29/h4-11H,3,12H2,1-2H3,(H,23,30)(H,24,26,27). The lowest BCUT2D eigenvalue weighted by Gasteiger charge is -2.14. The summed E-state index contributed by atoms with van der Waals surface area (Å²) in [6.45, 7) is 2.07.